The van der Waals surface area contributed by atoms with E-state index in [0.29, 0.717) is 0 Å². The van der Waals surface area contributed by atoms with Gasteiger partial charge in [-0.1, -0.05) is 18.2 Å². The summed E-state index contributed by atoms with van der Waals surface area (Å²) in [7, 11) is 1.24. The molecule has 0 saturated heterocycles. The summed E-state index contributed by atoms with van der Waals surface area (Å²) in [6.45, 7) is 2.72. The van der Waals surface area contributed by atoms with Gasteiger partial charge in [-0.3, -0.25) is 4.21 Å². The smallest absolute Gasteiger partial charge is 0.350 e. The van der Waals surface area contributed by atoms with Gasteiger partial charge in [-0.25, -0.2) is 9.10 Å². The summed E-state index contributed by atoms with van der Waals surface area (Å²) in [4.78, 5) is 10.6. The summed E-state index contributed by atoms with van der Waals surface area (Å²) in [5.74, 6) is -0.839. The molecule has 0 saturated carbocycles. The van der Waals surface area contributed by atoms with Crippen molar-refractivity contribution < 1.29 is 18.3 Å². The molecule has 0 aliphatic carbocycles. The summed E-state index contributed by atoms with van der Waals surface area (Å²) < 4.78 is 25.5. The Kier molecular flexibility index (Phi) is 5.07. The monoisotopic (exact) mass is 212 g/mol. The molecule has 0 N–H and O–H groups in total. The van der Waals surface area contributed by atoms with Crippen molar-refractivity contribution in [2.24, 2.45) is 0 Å². The number of ether oxygens (including phenoxy) is 1. The van der Waals surface area contributed by atoms with E-state index in [9.17, 15) is 13.6 Å². The lowest BCUT2D eigenvalue weighted by molar-refractivity contribution is -0.140. The third kappa shape index (κ3) is 4.45. The Morgan fingerprint density at radius 3 is 2.67 bits per heavy atom. The molecule has 0 aromatic carbocycles. The van der Waals surface area contributed by atoms with E-state index in [1.54, 1.807) is 0 Å². The number of esters is 1. The molecular formula is C5H7ClNO4S-. The number of rotatable bonds is 4. The van der Waals surface area contributed by atoms with Crippen LogP contribution < -0.4 is 0 Å². The van der Waals surface area contributed by atoms with Crippen LogP contribution >= 0.6 is 11.6 Å². The minimum absolute atomic E-state index is 0.292. The van der Waals surface area contributed by atoms with Crippen LogP contribution in [0, 0.1) is 0 Å². The van der Waals surface area contributed by atoms with Crippen LogP contribution in [-0.4, -0.2) is 32.8 Å². The van der Waals surface area contributed by atoms with Gasteiger partial charge in [-0.05, 0) is 0 Å². The van der Waals surface area contributed by atoms with Gasteiger partial charge in [0.2, 0.25) is 0 Å². The molecule has 0 fully saturated rings. The van der Waals surface area contributed by atoms with E-state index in [1.807, 2.05) is 0 Å². The van der Waals surface area contributed by atoms with Gasteiger partial charge in [0.25, 0.3) is 0 Å². The topological polar surface area (TPSA) is 69.7 Å². The van der Waals surface area contributed by atoms with Crippen molar-refractivity contribution in [1.82, 2.24) is 4.31 Å². The quantitative estimate of drug-likeness (QED) is 0.284. The normalized spacial score (nSPS) is 12.7. The molecule has 0 spiro atoms. The van der Waals surface area contributed by atoms with Crippen molar-refractivity contribution in [3.8, 4) is 0 Å². The van der Waals surface area contributed by atoms with Gasteiger partial charge in [-0.15, -0.1) is 0 Å². The second kappa shape index (κ2) is 5.26. The van der Waals surface area contributed by atoms with Gasteiger partial charge >= 0.3 is 5.97 Å². The molecule has 0 aromatic heterocycles. The van der Waals surface area contributed by atoms with Crippen molar-refractivity contribution in [3.05, 3.63) is 11.6 Å². The number of halogens is 1. The highest BCUT2D eigenvalue weighted by Gasteiger charge is 2.06. The standard InChI is InChI=1S/C5H8ClNO4S/c1-4(6)5(8)11-3-7(2)12(9)10/h1,3H2,2H3,(H,9,10)/p-1. The third-order valence-corrected chi connectivity index (χ3v) is 1.62. The SMILES string of the molecule is C=C(Cl)C(=O)OCN(C)S(=O)[O-]. The first-order valence-electron chi connectivity index (χ1n) is 2.77. The van der Waals surface area contributed by atoms with Crippen molar-refractivity contribution in [2.75, 3.05) is 13.8 Å². The second-order valence-electron chi connectivity index (χ2n) is 1.81. The number of carbonyl (C=O) groups is 1. The van der Waals surface area contributed by atoms with Crippen molar-refractivity contribution in [3.63, 3.8) is 0 Å². The summed E-state index contributed by atoms with van der Waals surface area (Å²) >= 11 is 2.74. The lowest BCUT2D eigenvalue weighted by Crippen LogP contribution is -2.25. The summed E-state index contributed by atoms with van der Waals surface area (Å²) in [6, 6.07) is 0. The Hall–Kier alpha value is -0.430. The third-order valence-electron chi connectivity index (χ3n) is 0.853. The molecule has 5 nitrogen and oxygen atoms in total. The van der Waals surface area contributed by atoms with Gasteiger partial charge < -0.3 is 9.29 Å². The van der Waals surface area contributed by atoms with Crippen LogP contribution in [0.15, 0.2) is 11.6 Å². The average Bonchev–Trinajstić information content (AvgIpc) is 1.98. The second-order valence-corrected chi connectivity index (χ2v) is 3.32. The molecule has 1 atom stereocenters. The molecule has 7 heteroatoms. The van der Waals surface area contributed by atoms with Gasteiger partial charge in [0, 0.05) is 18.3 Å². The molecule has 12 heavy (non-hydrogen) atoms. The predicted molar refractivity (Wildman–Crippen MR) is 42.6 cm³/mol. The van der Waals surface area contributed by atoms with Gasteiger partial charge in [-0.2, -0.15) is 0 Å². The first-order chi connectivity index (χ1) is 5.45. The largest absolute Gasteiger partial charge is 0.760 e. The maximum Gasteiger partial charge on any atom is 0.350 e. The minimum Gasteiger partial charge on any atom is -0.760 e. The summed E-state index contributed by atoms with van der Waals surface area (Å²) in [5.41, 5.74) is 0. The zero-order chi connectivity index (χ0) is 9.72. The molecule has 0 bridgehead atoms. The molecule has 1 unspecified atom stereocenters. The van der Waals surface area contributed by atoms with Crippen LogP contribution in [0.4, 0.5) is 0 Å². The van der Waals surface area contributed by atoms with E-state index in [4.69, 9.17) is 11.6 Å². The lowest BCUT2D eigenvalue weighted by Gasteiger charge is -2.17. The molecule has 70 valence electrons. The Balaban J connectivity index is 3.76. The van der Waals surface area contributed by atoms with E-state index in [0.717, 1.165) is 4.31 Å². The molecule has 0 heterocycles. The maximum absolute atomic E-state index is 10.6. The first-order valence-corrected chi connectivity index (χ1v) is 4.18. The van der Waals surface area contributed by atoms with Crippen LogP contribution in [0.1, 0.15) is 0 Å². The van der Waals surface area contributed by atoms with E-state index < -0.39 is 17.2 Å². The fourth-order valence-electron chi connectivity index (χ4n) is 0.271. The van der Waals surface area contributed by atoms with Gasteiger partial charge in [0.15, 0.2) is 6.73 Å². The van der Waals surface area contributed by atoms with Crippen LogP contribution in [0.5, 0.6) is 0 Å². The molecule has 0 rings (SSSR count). The van der Waals surface area contributed by atoms with Gasteiger partial charge in [0.1, 0.15) is 5.03 Å². The van der Waals surface area contributed by atoms with Crippen LogP contribution in [-0.2, 0) is 20.8 Å². The van der Waals surface area contributed by atoms with Crippen LogP contribution in [0.2, 0.25) is 0 Å². The number of hydrogen-bond acceptors (Lipinski definition) is 4. The Morgan fingerprint density at radius 1 is 1.83 bits per heavy atom. The Bertz CT molecular complexity index is 219. The fraction of sp³-hybridized carbons (Fsp3) is 0.400. The summed E-state index contributed by atoms with van der Waals surface area (Å²) in [6.07, 6.45) is 0. The molecule has 0 radical (unpaired) electrons. The highest BCUT2D eigenvalue weighted by Crippen LogP contribution is 2.00. The Morgan fingerprint density at radius 2 is 2.33 bits per heavy atom. The molecule has 0 aliphatic rings. The number of hydrogen-bond donors (Lipinski definition) is 0. The average molecular weight is 213 g/mol. The van der Waals surface area contributed by atoms with E-state index in [-0.39, 0.29) is 11.8 Å². The van der Waals surface area contributed by atoms with Crippen LogP contribution in [0.3, 0.4) is 0 Å². The van der Waals surface area contributed by atoms with Crippen LogP contribution in [0.25, 0.3) is 0 Å². The van der Waals surface area contributed by atoms with E-state index in [2.05, 4.69) is 11.3 Å². The van der Waals surface area contributed by atoms with E-state index in [1.165, 1.54) is 7.05 Å². The fourth-order valence-corrected chi connectivity index (χ4v) is 0.464. The zero-order valence-corrected chi connectivity index (χ0v) is 7.85. The molecule has 0 aliphatic heterocycles. The predicted octanol–water partition coefficient (Wildman–Crippen LogP) is -0.0345. The number of carbonyl (C=O) groups excluding carboxylic acids is 1. The highest BCUT2D eigenvalue weighted by atomic mass is 35.5. The first kappa shape index (κ1) is 11.6. The van der Waals surface area contributed by atoms with Crippen molar-refractivity contribution in [1.29, 1.82) is 0 Å². The molecule has 0 aromatic rings. The maximum atomic E-state index is 10.6. The zero-order valence-electron chi connectivity index (χ0n) is 6.28. The van der Waals surface area contributed by atoms with Crippen molar-refractivity contribution >= 4 is 28.8 Å². The molecular weight excluding hydrogens is 206 g/mol. The van der Waals surface area contributed by atoms with Gasteiger partial charge in [0.05, 0.1) is 0 Å². The minimum atomic E-state index is -2.41. The van der Waals surface area contributed by atoms with E-state index >= 15 is 0 Å². The number of nitrogens with zero attached hydrogens (tertiary/aromatic N) is 1. The van der Waals surface area contributed by atoms with Crippen molar-refractivity contribution in [2.45, 2.75) is 0 Å². The Labute approximate surface area is 77.4 Å². The summed E-state index contributed by atoms with van der Waals surface area (Å²) in [5, 5.41) is -0.292. The lowest BCUT2D eigenvalue weighted by atomic mass is 10.6. The molecule has 0 amide bonds. The highest BCUT2D eigenvalue weighted by molar-refractivity contribution is 7.76.